The van der Waals surface area contributed by atoms with Crippen LogP contribution < -0.4 is 10.9 Å². The van der Waals surface area contributed by atoms with Crippen LogP contribution in [0.25, 0.3) is 5.69 Å². The zero-order valence-corrected chi connectivity index (χ0v) is 16.9. The smallest absolute Gasteiger partial charge is 0.277 e. The summed E-state index contributed by atoms with van der Waals surface area (Å²) in [4.78, 5) is 27.5. The summed E-state index contributed by atoms with van der Waals surface area (Å²) in [6.07, 6.45) is 4.22. The van der Waals surface area contributed by atoms with E-state index in [4.69, 9.17) is 0 Å². The maximum atomic E-state index is 13.5. The van der Waals surface area contributed by atoms with Crippen LogP contribution in [-0.2, 0) is 4.79 Å². The zero-order chi connectivity index (χ0) is 20.0. The summed E-state index contributed by atoms with van der Waals surface area (Å²) in [5.74, 6) is 0.472. The van der Waals surface area contributed by atoms with Gasteiger partial charge in [-0.15, -0.1) is 11.8 Å². The first-order chi connectivity index (χ1) is 14.2. The number of aromatic nitrogens is 2. The van der Waals surface area contributed by atoms with Crippen LogP contribution in [-0.4, -0.2) is 21.8 Å². The summed E-state index contributed by atoms with van der Waals surface area (Å²) < 4.78 is 1.56. The Balaban J connectivity index is 1.72. The van der Waals surface area contributed by atoms with Gasteiger partial charge in [-0.05, 0) is 48.9 Å². The van der Waals surface area contributed by atoms with E-state index in [1.165, 1.54) is 0 Å². The second-order valence-electron chi connectivity index (χ2n) is 7.38. The van der Waals surface area contributed by atoms with Gasteiger partial charge in [-0.3, -0.25) is 14.7 Å². The van der Waals surface area contributed by atoms with Gasteiger partial charge in [0.05, 0.1) is 11.3 Å². The fourth-order valence-corrected chi connectivity index (χ4v) is 4.73. The third-order valence-electron chi connectivity index (χ3n) is 5.70. The molecular formula is C23H21N3O2S. The standard InChI is InChI=1S/C23H21N3O2S/c1-29-16-12-10-14(11-13-16)19-20-17(8-5-9-18(20)27)24-22-21(19)23(28)26(25-22)15-6-3-2-4-7-15/h2-4,6-7,10-13,19,24-25H,5,8-9H2,1H3/t19-/m0/s1. The molecule has 2 aliphatic rings. The molecular weight excluding hydrogens is 382 g/mol. The Morgan fingerprint density at radius 3 is 2.48 bits per heavy atom. The lowest BCUT2D eigenvalue weighted by molar-refractivity contribution is -0.116. The molecule has 29 heavy (non-hydrogen) atoms. The maximum absolute atomic E-state index is 13.5. The van der Waals surface area contributed by atoms with E-state index in [9.17, 15) is 9.59 Å². The molecule has 0 saturated carbocycles. The van der Waals surface area contributed by atoms with Gasteiger partial charge in [0.25, 0.3) is 5.56 Å². The van der Waals surface area contributed by atoms with Crippen molar-refractivity contribution in [1.29, 1.82) is 0 Å². The molecule has 0 radical (unpaired) electrons. The number of allylic oxidation sites excluding steroid dienone is 2. The first-order valence-electron chi connectivity index (χ1n) is 9.75. The van der Waals surface area contributed by atoms with Crippen LogP contribution in [0.5, 0.6) is 0 Å². The predicted molar refractivity (Wildman–Crippen MR) is 116 cm³/mol. The lowest BCUT2D eigenvalue weighted by Gasteiger charge is -2.31. The second-order valence-corrected chi connectivity index (χ2v) is 8.26. The van der Waals surface area contributed by atoms with E-state index in [-0.39, 0.29) is 17.3 Å². The van der Waals surface area contributed by atoms with E-state index in [2.05, 4.69) is 22.5 Å². The van der Waals surface area contributed by atoms with E-state index in [1.54, 1.807) is 16.4 Å². The topological polar surface area (TPSA) is 66.9 Å². The van der Waals surface area contributed by atoms with Gasteiger partial charge in [-0.1, -0.05) is 30.3 Å². The minimum atomic E-state index is -0.348. The molecule has 5 nitrogen and oxygen atoms in total. The van der Waals surface area contributed by atoms with Gasteiger partial charge in [-0.2, -0.15) is 0 Å². The first kappa shape index (κ1) is 18.1. The number of Topliss-reactive ketones (excluding diaryl/α,β-unsaturated/α-hetero) is 1. The highest BCUT2D eigenvalue weighted by Gasteiger charge is 2.38. The Hall–Kier alpha value is -2.99. The first-order valence-corrected chi connectivity index (χ1v) is 11.0. The summed E-state index contributed by atoms with van der Waals surface area (Å²) >= 11 is 1.67. The van der Waals surface area contributed by atoms with Crippen LogP contribution in [0.15, 0.2) is 75.6 Å². The molecule has 2 heterocycles. The molecule has 0 unspecified atom stereocenters. The molecule has 146 valence electrons. The number of benzene rings is 2. The number of para-hydroxylation sites is 1. The molecule has 1 aliphatic carbocycles. The molecule has 1 aromatic heterocycles. The van der Waals surface area contributed by atoms with Crippen molar-refractivity contribution in [2.75, 3.05) is 11.6 Å². The van der Waals surface area contributed by atoms with E-state index < -0.39 is 0 Å². The Bertz CT molecular complexity index is 1170. The molecule has 0 fully saturated rings. The van der Waals surface area contributed by atoms with Crippen molar-refractivity contribution in [2.24, 2.45) is 0 Å². The van der Waals surface area contributed by atoms with Crippen molar-refractivity contribution in [3.63, 3.8) is 0 Å². The van der Waals surface area contributed by atoms with Crippen molar-refractivity contribution < 1.29 is 4.79 Å². The number of H-pyrrole nitrogens is 1. The Labute approximate surface area is 172 Å². The van der Waals surface area contributed by atoms with Crippen LogP contribution in [0.2, 0.25) is 0 Å². The highest BCUT2D eigenvalue weighted by Crippen LogP contribution is 2.43. The van der Waals surface area contributed by atoms with Crippen molar-refractivity contribution in [1.82, 2.24) is 9.78 Å². The number of hydrogen-bond acceptors (Lipinski definition) is 4. The van der Waals surface area contributed by atoms with E-state index in [1.807, 2.05) is 48.7 Å². The zero-order valence-electron chi connectivity index (χ0n) is 16.1. The number of fused-ring (bicyclic) bond motifs is 1. The number of hydrogen-bond donors (Lipinski definition) is 2. The number of carbonyl (C=O) groups is 1. The van der Waals surface area contributed by atoms with Gasteiger partial charge in [0.1, 0.15) is 5.82 Å². The lowest BCUT2D eigenvalue weighted by atomic mass is 9.77. The molecule has 3 aromatic rings. The van der Waals surface area contributed by atoms with Crippen LogP contribution in [0, 0.1) is 0 Å². The summed E-state index contributed by atoms with van der Waals surface area (Å²) in [5.41, 5.74) is 3.92. The molecule has 0 bridgehead atoms. The highest BCUT2D eigenvalue weighted by molar-refractivity contribution is 7.98. The minimum Gasteiger partial charge on any atom is -0.343 e. The van der Waals surface area contributed by atoms with Crippen LogP contribution in [0.4, 0.5) is 5.82 Å². The molecule has 0 amide bonds. The number of carbonyl (C=O) groups excluding carboxylic acids is 1. The quantitative estimate of drug-likeness (QED) is 0.634. The maximum Gasteiger partial charge on any atom is 0.277 e. The lowest BCUT2D eigenvalue weighted by Crippen LogP contribution is -2.29. The number of rotatable bonds is 3. The Morgan fingerprint density at radius 1 is 1.00 bits per heavy atom. The minimum absolute atomic E-state index is 0.123. The third kappa shape index (κ3) is 2.95. The fourth-order valence-electron chi connectivity index (χ4n) is 4.33. The van der Waals surface area contributed by atoms with Gasteiger partial charge in [0.15, 0.2) is 5.78 Å². The van der Waals surface area contributed by atoms with Crippen molar-refractivity contribution in [3.05, 3.63) is 87.3 Å². The van der Waals surface area contributed by atoms with Crippen molar-refractivity contribution in [2.45, 2.75) is 30.1 Å². The monoisotopic (exact) mass is 403 g/mol. The summed E-state index contributed by atoms with van der Waals surface area (Å²) in [5, 5.41) is 6.59. The average molecular weight is 404 g/mol. The predicted octanol–water partition coefficient (Wildman–Crippen LogP) is 4.45. The normalized spacial score (nSPS) is 18.2. The Morgan fingerprint density at radius 2 is 1.76 bits per heavy atom. The number of thioether (sulfide) groups is 1. The van der Waals surface area contributed by atoms with Crippen LogP contribution >= 0.6 is 11.8 Å². The van der Waals surface area contributed by atoms with Gasteiger partial charge in [-0.25, -0.2) is 4.68 Å². The van der Waals surface area contributed by atoms with Crippen molar-refractivity contribution >= 4 is 23.4 Å². The molecule has 0 saturated heterocycles. The number of aromatic amines is 1. The third-order valence-corrected chi connectivity index (χ3v) is 6.44. The average Bonchev–Trinajstić information content (AvgIpc) is 3.09. The number of anilines is 1. The van der Waals surface area contributed by atoms with Crippen LogP contribution in [0.3, 0.4) is 0 Å². The molecule has 2 aromatic carbocycles. The molecule has 1 aliphatic heterocycles. The van der Waals surface area contributed by atoms with Gasteiger partial charge >= 0.3 is 0 Å². The number of ketones is 1. The van der Waals surface area contributed by atoms with Gasteiger partial charge < -0.3 is 5.32 Å². The fraction of sp³-hybridized carbons (Fsp3) is 0.217. The van der Waals surface area contributed by atoms with E-state index >= 15 is 0 Å². The molecule has 5 rings (SSSR count). The molecule has 1 atom stereocenters. The summed E-state index contributed by atoms with van der Waals surface area (Å²) in [6, 6.07) is 17.7. The second kappa shape index (κ2) is 7.12. The SMILES string of the molecule is CSc1ccc([C@H]2C3=C(CCCC3=O)Nc3[nH]n(-c4ccccc4)c(=O)c32)cc1. The summed E-state index contributed by atoms with van der Waals surface area (Å²) in [7, 11) is 0. The largest absolute Gasteiger partial charge is 0.343 e. The number of nitrogens with zero attached hydrogens (tertiary/aromatic N) is 1. The Kier molecular flexibility index (Phi) is 4.43. The number of nitrogens with one attached hydrogen (secondary N) is 2. The summed E-state index contributed by atoms with van der Waals surface area (Å²) in [6.45, 7) is 0. The van der Waals surface area contributed by atoms with Crippen LogP contribution in [0.1, 0.15) is 36.3 Å². The molecule has 6 heteroatoms. The van der Waals surface area contributed by atoms with E-state index in [0.717, 1.165) is 40.3 Å². The molecule has 0 spiro atoms. The molecule has 2 N–H and O–H groups in total. The van der Waals surface area contributed by atoms with Gasteiger partial charge in [0.2, 0.25) is 0 Å². The van der Waals surface area contributed by atoms with Crippen molar-refractivity contribution in [3.8, 4) is 5.69 Å². The van der Waals surface area contributed by atoms with E-state index in [0.29, 0.717) is 17.8 Å². The van der Waals surface area contributed by atoms with Gasteiger partial charge in [0, 0.05) is 28.5 Å². The highest BCUT2D eigenvalue weighted by atomic mass is 32.2.